The number of carbonyl (C=O) groups is 1. The minimum Gasteiger partial charge on any atom is -0.414 e. The molecule has 2 aliphatic rings. The van der Waals surface area contributed by atoms with Crippen molar-refractivity contribution in [3.8, 4) is 0 Å². The second-order valence-electron chi connectivity index (χ2n) is 6.43. The minimum atomic E-state index is -0.697. The van der Waals surface area contributed by atoms with Gasteiger partial charge < -0.3 is 24.1 Å². The van der Waals surface area contributed by atoms with Gasteiger partial charge >= 0.3 is 11.8 Å². The first-order valence-corrected chi connectivity index (χ1v) is 8.15. The molecular weight excluding hydrogens is 300 g/mol. The quantitative estimate of drug-likeness (QED) is 0.831. The van der Waals surface area contributed by atoms with Gasteiger partial charge in [0.15, 0.2) is 0 Å². The van der Waals surface area contributed by atoms with Gasteiger partial charge in [-0.25, -0.2) is 0 Å². The van der Waals surface area contributed by atoms with Crippen LogP contribution in [0.2, 0.25) is 0 Å². The fraction of sp³-hybridized carbons (Fsp3) is 0.800. The predicted octanol–water partition coefficient (Wildman–Crippen LogP) is 0.279. The summed E-state index contributed by atoms with van der Waals surface area (Å²) in [6, 6.07) is 0. The van der Waals surface area contributed by atoms with Crippen molar-refractivity contribution in [1.82, 2.24) is 20.0 Å². The van der Waals surface area contributed by atoms with Crippen molar-refractivity contribution in [2.75, 3.05) is 39.8 Å². The van der Waals surface area contributed by atoms with Crippen LogP contribution < -0.4 is 0 Å². The van der Waals surface area contributed by atoms with Crippen molar-refractivity contribution in [3.05, 3.63) is 11.8 Å². The highest BCUT2D eigenvalue weighted by molar-refractivity contribution is 5.89. The fourth-order valence-corrected chi connectivity index (χ4v) is 3.30. The zero-order chi connectivity index (χ0) is 16.3. The highest BCUT2D eigenvalue weighted by atomic mass is 16.5. The van der Waals surface area contributed by atoms with Crippen LogP contribution in [0.5, 0.6) is 0 Å². The van der Waals surface area contributed by atoms with E-state index in [1.165, 1.54) is 20.0 Å². The first-order valence-electron chi connectivity index (χ1n) is 8.15. The summed E-state index contributed by atoms with van der Waals surface area (Å²) in [6.07, 6.45) is 3.58. The normalized spacial score (nSPS) is 21.7. The van der Waals surface area contributed by atoms with Gasteiger partial charge in [-0.2, -0.15) is 0 Å². The van der Waals surface area contributed by atoms with E-state index in [1.54, 1.807) is 4.90 Å². The lowest BCUT2D eigenvalue weighted by Crippen LogP contribution is -2.51. The number of nitrogens with zero attached hydrogens (tertiary/aromatic N) is 4. The summed E-state index contributed by atoms with van der Waals surface area (Å²) in [4.78, 5) is 16.4. The molecule has 0 radical (unpaired) electrons. The second-order valence-corrected chi connectivity index (χ2v) is 6.43. The molecule has 2 saturated heterocycles. The molecule has 8 nitrogen and oxygen atoms in total. The van der Waals surface area contributed by atoms with Crippen LogP contribution in [-0.4, -0.2) is 76.4 Å². The SMILES string of the molecule is COCc1nnc(C(=O)N2CCC(O)(CN3CCCC3)CC2)o1. The third-order valence-corrected chi connectivity index (χ3v) is 4.62. The number of amides is 1. The number of aromatic nitrogens is 2. The van der Waals surface area contributed by atoms with Gasteiger partial charge in [0.05, 0.1) is 5.60 Å². The molecule has 23 heavy (non-hydrogen) atoms. The van der Waals surface area contributed by atoms with Gasteiger partial charge in [0.1, 0.15) is 6.61 Å². The lowest BCUT2D eigenvalue weighted by Gasteiger charge is -2.39. The van der Waals surface area contributed by atoms with E-state index in [0.717, 1.165) is 13.1 Å². The standard InChI is InChI=1S/C15H24N4O4/c1-22-10-12-16-17-13(23-12)14(20)19-8-4-15(21,5-9-19)11-18-6-2-3-7-18/h21H,2-11H2,1H3. The Morgan fingerprint density at radius 1 is 1.26 bits per heavy atom. The summed E-state index contributed by atoms with van der Waals surface area (Å²) in [5.74, 6) is 0.00325. The van der Waals surface area contributed by atoms with Crippen LogP contribution in [0, 0.1) is 0 Å². The maximum atomic E-state index is 12.4. The summed E-state index contributed by atoms with van der Waals surface area (Å²) in [5.41, 5.74) is -0.697. The molecule has 0 aromatic carbocycles. The molecule has 1 amide bonds. The van der Waals surface area contributed by atoms with E-state index in [-0.39, 0.29) is 18.4 Å². The number of hydrogen-bond donors (Lipinski definition) is 1. The van der Waals surface area contributed by atoms with Gasteiger partial charge in [0, 0.05) is 26.7 Å². The van der Waals surface area contributed by atoms with Crippen LogP contribution in [0.4, 0.5) is 0 Å². The molecule has 1 N–H and O–H groups in total. The van der Waals surface area contributed by atoms with Crippen LogP contribution in [0.15, 0.2) is 4.42 Å². The second kappa shape index (κ2) is 6.94. The van der Waals surface area contributed by atoms with E-state index in [4.69, 9.17) is 9.15 Å². The average Bonchev–Trinajstić information content (AvgIpc) is 3.19. The number of β-amino-alcohol motifs (C(OH)–C–C–N with tert-alkyl or cyclic N) is 1. The number of rotatable bonds is 5. The van der Waals surface area contributed by atoms with Gasteiger partial charge in [-0.3, -0.25) is 4.79 Å². The Kier molecular flexibility index (Phi) is 4.93. The minimum absolute atomic E-state index is 0.0120. The maximum Gasteiger partial charge on any atom is 0.311 e. The molecule has 128 valence electrons. The largest absolute Gasteiger partial charge is 0.414 e. The van der Waals surface area contributed by atoms with Gasteiger partial charge in [-0.05, 0) is 38.8 Å². The van der Waals surface area contributed by atoms with Crippen molar-refractivity contribution in [2.45, 2.75) is 37.9 Å². The van der Waals surface area contributed by atoms with Crippen molar-refractivity contribution in [3.63, 3.8) is 0 Å². The lowest BCUT2D eigenvalue weighted by atomic mass is 9.91. The number of ether oxygens (including phenoxy) is 1. The van der Waals surface area contributed by atoms with Gasteiger partial charge in [0.2, 0.25) is 5.89 Å². The molecule has 1 aromatic heterocycles. The smallest absolute Gasteiger partial charge is 0.311 e. The topological polar surface area (TPSA) is 91.9 Å². The first kappa shape index (κ1) is 16.4. The number of carbonyl (C=O) groups excluding carboxylic acids is 1. The molecule has 0 unspecified atom stereocenters. The van der Waals surface area contributed by atoms with E-state index >= 15 is 0 Å². The number of piperidine rings is 1. The van der Waals surface area contributed by atoms with Crippen molar-refractivity contribution in [2.24, 2.45) is 0 Å². The lowest BCUT2D eigenvalue weighted by molar-refractivity contribution is -0.0373. The van der Waals surface area contributed by atoms with Crippen LogP contribution in [0.1, 0.15) is 42.3 Å². The highest BCUT2D eigenvalue weighted by Crippen LogP contribution is 2.25. The average molecular weight is 324 g/mol. The van der Waals surface area contributed by atoms with Gasteiger partial charge in [0.25, 0.3) is 0 Å². The van der Waals surface area contributed by atoms with Crippen molar-refractivity contribution < 1.29 is 19.1 Å². The van der Waals surface area contributed by atoms with Crippen LogP contribution in [-0.2, 0) is 11.3 Å². The molecular formula is C15H24N4O4. The summed E-state index contributed by atoms with van der Waals surface area (Å²) in [7, 11) is 1.53. The van der Waals surface area contributed by atoms with Crippen molar-refractivity contribution >= 4 is 5.91 Å². The number of hydrogen-bond acceptors (Lipinski definition) is 7. The van der Waals surface area contributed by atoms with Crippen molar-refractivity contribution in [1.29, 1.82) is 0 Å². The Bertz CT molecular complexity index is 533. The summed E-state index contributed by atoms with van der Waals surface area (Å²) in [5, 5.41) is 18.3. The Hall–Kier alpha value is -1.51. The molecule has 0 spiro atoms. The number of likely N-dealkylation sites (tertiary alicyclic amines) is 2. The Morgan fingerprint density at radius 3 is 2.61 bits per heavy atom. The molecule has 2 aliphatic heterocycles. The van der Waals surface area contributed by atoms with Crippen LogP contribution in [0.25, 0.3) is 0 Å². The highest BCUT2D eigenvalue weighted by Gasteiger charge is 2.37. The summed E-state index contributed by atoms with van der Waals surface area (Å²) in [6.45, 7) is 4.03. The van der Waals surface area contributed by atoms with E-state index in [1.807, 2.05) is 0 Å². The number of methoxy groups -OCH3 is 1. The zero-order valence-electron chi connectivity index (χ0n) is 13.5. The maximum absolute atomic E-state index is 12.4. The zero-order valence-corrected chi connectivity index (χ0v) is 13.5. The third-order valence-electron chi connectivity index (χ3n) is 4.62. The van der Waals surface area contributed by atoms with E-state index in [9.17, 15) is 9.90 Å². The molecule has 0 aliphatic carbocycles. The van der Waals surface area contributed by atoms with Gasteiger partial charge in [-0.15, -0.1) is 10.2 Å². The monoisotopic (exact) mass is 324 g/mol. The molecule has 0 saturated carbocycles. The predicted molar refractivity (Wildman–Crippen MR) is 80.8 cm³/mol. The molecule has 3 heterocycles. The summed E-state index contributed by atoms with van der Waals surface area (Å²) >= 11 is 0. The van der Waals surface area contributed by atoms with Crippen LogP contribution >= 0.6 is 0 Å². The molecule has 2 fully saturated rings. The summed E-state index contributed by atoms with van der Waals surface area (Å²) < 4.78 is 10.2. The van der Waals surface area contributed by atoms with Gasteiger partial charge in [-0.1, -0.05) is 0 Å². The Balaban J connectivity index is 1.53. The van der Waals surface area contributed by atoms with E-state index < -0.39 is 5.60 Å². The number of aliphatic hydroxyl groups is 1. The molecule has 0 atom stereocenters. The first-order chi connectivity index (χ1) is 11.1. The Labute approximate surface area is 135 Å². The van der Waals surface area contributed by atoms with E-state index in [2.05, 4.69) is 15.1 Å². The molecule has 8 heteroatoms. The molecule has 3 rings (SSSR count). The van der Waals surface area contributed by atoms with E-state index in [0.29, 0.717) is 38.4 Å². The third kappa shape index (κ3) is 3.88. The fourth-order valence-electron chi connectivity index (χ4n) is 3.30. The Morgan fingerprint density at radius 2 is 1.96 bits per heavy atom. The molecule has 0 bridgehead atoms. The van der Waals surface area contributed by atoms with Crippen LogP contribution in [0.3, 0.4) is 0 Å². The molecule has 1 aromatic rings.